The number of pyridine rings is 1. The minimum absolute atomic E-state index is 0.218. The van der Waals surface area contributed by atoms with Crippen LogP contribution >= 0.6 is 11.3 Å². The zero-order valence-electron chi connectivity index (χ0n) is 19.3. The van der Waals surface area contributed by atoms with Crippen LogP contribution in [0.5, 0.6) is 11.5 Å². The number of fused-ring (bicyclic) bond motifs is 1. The number of nitrogens with one attached hydrogen (secondary N) is 2. The number of amides is 2. The van der Waals surface area contributed by atoms with E-state index in [-0.39, 0.29) is 17.9 Å². The fourth-order valence-corrected chi connectivity index (χ4v) is 5.77. The third kappa shape index (κ3) is 4.99. The molecule has 1 unspecified atom stereocenters. The number of piperidine rings is 1. The maximum Gasteiger partial charge on any atom is 0.269 e. The molecule has 1 saturated carbocycles. The van der Waals surface area contributed by atoms with Crippen LogP contribution < -0.4 is 15.4 Å². The van der Waals surface area contributed by atoms with E-state index in [1.54, 1.807) is 36.7 Å². The lowest BCUT2D eigenvalue weighted by Crippen LogP contribution is -2.46. The van der Waals surface area contributed by atoms with Crippen LogP contribution in [0.25, 0.3) is 10.2 Å². The zero-order chi connectivity index (χ0) is 23.5. The minimum atomic E-state index is -0.259. The Morgan fingerprint density at radius 3 is 2.74 bits per heavy atom. The molecule has 1 saturated heterocycles. The van der Waals surface area contributed by atoms with Crippen molar-refractivity contribution in [3.8, 4) is 11.5 Å². The van der Waals surface area contributed by atoms with E-state index in [1.807, 2.05) is 18.2 Å². The molecule has 2 N–H and O–H groups in total. The van der Waals surface area contributed by atoms with Crippen molar-refractivity contribution in [2.75, 3.05) is 25.5 Å². The Labute approximate surface area is 202 Å². The average molecular weight is 480 g/mol. The van der Waals surface area contributed by atoms with Gasteiger partial charge in [0.1, 0.15) is 17.2 Å². The van der Waals surface area contributed by atoms with Crippen molar-refractivity contribution in [2.24, 2.45) is 5.92 Å². The molecule has 0 spiro atoms. The maximum atomic E-state index is 12.8. The molecule has 1 aromatic carbocycles. The normalized spacial score (nSPS) is 18.7. The van der Waals surface area contributed by atoms with Crippen molar-refractivity contribution < 1.29 is 14.3 Å². The molecular formula is C25H29N5O3S. The zero-order valence-corrected chi connectivity index (χ0v) is 20.1. The van der Waals surface area contributed by atoms with Gasteiger partial charge in [-0.15, -0.1) is 0 Å². The summed E-state index contributed by atoms with van der Waals surface area (Å²) in [6.45, 7) is 1.61. The SMILES string of the molecule is CNC(=O)c1cc(Oc2ccc3nc(NC4CCCN(C(=O)C5CCCC5)C4)sc3c2)ccn1. The summed E-state index contributed by atoms with van der Waals surface area (Å²) in [5.41, 5.74) is 1.20. The molecule has 0 radical (unpaired) electrons. The Morgan fingerprint density at radius 1 is 1.09 bits per heavy atom. The van der Waals surface area contributed by atoms with Crippen LogP contribution in [-0.4, -0.2) is 52.9 Å². The summed E-state index contributed by atoms with van der Waals surface area (Å²) in [5.74, 6) is 1.52. The molecule has 1 aliphatic carbocycles. The number of rotatable bonds is 6. The summed E-state index contributed by atoms with van der Waals surface area (Å²) in [7, 11) is 1.57. The van der Waals surface area contributed by atoms with Gasteiger partial charge in [-0.1, -0.05) is 24.2 Å². The molecule has 1 aliphatic heterocycles. The van der Waals surface area contributed by atoms with E-state index in [2.05, 4.69) is 20.5 Å². The minimum Gasteiger partial charge on any atom is -0.457 e. The standard InChI is InChI=1S/C25H29N5O3S/c1-26-23(31)21-13-19(10-11-27-21)33-18-8-9-20-22(14-18)34-25(29-20)28-17-7-4-12-30(15-17)24(32)16-5-2-3-6-16/h8-11,13-14,16-17H,2-7,12,15H2,1H3,(H,26,31)(H,28,29). The van der Waals surface area contributed by atoms with E-state index >= 15 is 0 Å². The molecule has 8 nitrogen and oxygen atoms in total. The topological polar surface area (TPSA) is 96.5 Å². The lowest BCUT2D eigenvalue weighted by Gasteiger charge is -2.34. The van der Waals surface area contributed by atoms with Crippen molar-refractivity contribution in [3.63, 3.8) is 0 Å². The van der Waals surface area contributed by atoms with E-state index in [4.69, 9.17) is 9.72 Å². The van der Waals surface area contributed by atoms with Gasteiger partial charge in [0.25, 0.3) is 5.91 Å². The lowest BCUT2D eigenvalue weighted by atomic mass is 10.0. The Hall–Kier alpha value is -3.20. The average Bonchev–Trinajstić information content (AvgIpc) is 3.53. The lowest BCUT2D eigenvalue weighted by molar-refractivity contribution is -0.136. The molecule has 0 bridgehead atoms. The Balaban J connectivity index is 1.25. The van der Waals surface area contributed by atoms with Gasteiger partial charge in [-0.25, -0.2) is 4.98 Å². The largest absolute Gasteiger partial charge is 0.457 e. The number of aromatic nitrogens is 2. The van der Waals surface area contributed by atoms with E-state index < -0.39 is 0 Å². The number of benzene rings is 1. The van der Waals surface area contributed by atoms with E-state index in [0.717, 1.165) is 54.1 Å². The number of thiazole rings is 1. The van der Waals surface area contributed by atoms with Gasteiger partial charge in [0.15, 0.2) is 5.13 Å². The van der Waals surface area contributed by atoms with Gasteiger partial charge in [-0.2, -0.15) is 0 Å². The van der Waals surface area contributed by atoms with Gasteiger partial charge in [0.05, 0.1) is 10.2 Å². The Bertz CT molecular complexity index is 1190. The predicted octanol–water partition coefficient (Wildman–Crippen LogP) is 4.44. The molecule has 3 heterocycles. The molecule has 2 aliphatic rings. The van der Waals surface area contributed by atoms with Crippen molar-refractivity contribution >= 4 is 38.5 Å². The smallest absolute Gasteiger partial charge is 0.269 e. The third-order valence-corrected chi connectivity index (χ3v) is 7.50. The van der Waals surface area contributed by atoms with Crippen LogP contribution in [0.3, 0.4) is 0 Å². The van der Waals surface area contributed by atoms with Gasteiger partial charge in [-0.3, -0.25) is 14.6 Å². The first kappa shape index (κ1) is 22.6. The molecule has 9 heteroatoms. The third-order valence-electron chi connectivity index (χ3n) is 6.55. The number of ether oxygens (including phenoxy) is 1. The van der Waals surface area contributed by atoms with E-state index in [9.17, 15) is 9.59 Å². The molecule has 2 amide bonds. The Morgan fingerprint density at radius 2 is 1.91 bits per heavy atom. The van der Waals surface area contributed by atoms with Crippen molar-refractivity contribution in [1.29, 1.82) is 0 Å². The van der Waals surface area contributed by atoms with Gasteiger partial charge >= 0.3 is 0 Å². The number of carbonyl (C=O) groups is 2. The number of anilines is 1. The fourth-order valence-electron chi connectivity index (χ4n) is 4.79. The number of carbonyl (C=O) groups excluding carboxylic acids is 2. The fraction of sp³-hybridized carbons (Fsp3) is 0.440. The van der Waals surface area contributed by atoms with Gasteiger partial charge in [-0.05, 0) is 43.9 Å². The number of hydrogen-bond donors (Lipinski definition) is 2. The quantitative estimate of drug-likeness (QED) is 0.543. The summed E-state index contributed by atoms with van der Waals surface area (Å²) in [4.78, 5) is 35.5. The summed E-state index contributed by atoms with van der Waals surface area (Å²) >= 11 is 1.58. The molecule has 1 atom stereocenters. The van der Waals surface area contributed by atoms with E-state index in [0.29, 0.717) is 23.1 Å². The second kappa shape index (κ2) is 9.97. The summed E-state index contributed by atoms with van der Waals surface area (Å²) in [5, 5.41) is 6.98. The number of nitrogens with zero attached hydrogens (tertiary/aromatic N) is 3. The van der Waals surface area contributed by atoms with Crippen LogP contribution in [-0.2, 0) is 4.79 Å². The van der Waals surface area contributed by atoms with Crippen LogP contribution in [0.1, 0.15) is 49.0 Å². The van der Waals surface area contributed by atoms with Crippen molar-refractivity contribution in [3.05, 3.63) is 42.2 Å². The second-order valence-corrected chi connectivity index (χ2v) is 9.99. The van der Waals surface area contributed by atoms with Gasteiger partial charge in [0, 0.05) is 50.4 Å². The monoisotopic (exact) mass is 479 g/mol. The highest BCUT2D eigenvalue weighted by atomic mass is 32.1. The van der Waals surface area contributed by atoms with Crippen LogP contribution in [0.4, 0.5) is 5.13 Å². The molecule has 2 aromatic heterocycles. The molecule has 5 rings (SSSR count). The van der Waals surface area contributed by atoms with Crippen molar-refractivity contribution in [2.45, 2.75) is 44.6 Å². The van der Waals surface area contributed by atoms with Crippen LogP contribution in [0.2, 0.25) is 0 Å². The first-order valence-corrected chi connectivity index (χ1v) is 12.7. The first-order chi connectivity index (χ1) is 16.6. The van der Waals surface area contributed by atoms with E-state index in [1.165, 1.54) is 12.8 Å². The predicted molar refractivity (Wildman–Crippen MR) is 133 cm³/mol. The highest BCUT2D eigenvalue weighted by molar-refractivity contribution is 7.22. The first-order valence-electron chi connectivity index (χ1n) is 11.9. The van der Waals surface area contributed by atoms with Crippen LogP contribution in [0, 0.1) is 5.92 Å². The Kier molecular flexibility index (Phi) is 6.62. The highest BCUT2D eigenvalue weighted by Crippen LogP contribution is 2.33. The van der Waals surface area contributed by atoms with Crippen LogP contribution in [0.15, 0.2) is 36.5 Å². The summed E-state index contributed by atoms with van der Waals surface area (Å²) in [6, 6.07) is 9.31. The van der Waals surface area contributed by atoms with Gasteiger partial charge in [0.2, 0.25) is 5.91 Å². The second-order valence-electron chi connectivity index (χ2n) is 8.96. The molecule has 2 fully saturated rings. The van der Waals surface area contributed by atoms with Gasteiger partial charge < -0.3 is 20.3 Å². The maximum absolute atomic E-state index is 12.8. The molecule has 178 valence electrons. The number of likely N-dealkylation sites (tertiary alicyclic amines) is 1. The van der Waals surface area contributed by atoms with Crippen molar-refractivity contribution in [1.82, 2.24) is 20.2 Å². The molecule has 34 heavy (non-hydrogen) atoms. The molecular weight excluding hydrogens is 450 g/mol. The highest BCUT2D eigenvalue weighted by Gasteiger charge is 2.30. The summed E-state index contributed by atoms with van der Waals surface area (Å²) < 4.78 is 6.97. The number of hydrogen-bond acceptors (Lipinski definition) is 7. The summed E-state index contributed by atoms with van der Waals surface area (Å²) in [6.07, 6.45) is 8.06. The molecule has 3 aromatic rings.